The van der Waals surface area contributed by atoms with Crippen molar-refractivity contribution in [2.24, 2.45) is 5.92 Å². The van der Waals surface area contributed by atoms with Crippen molar-refractivity contribution in [3.63, 3.8) is 0 Å². The summed E-state index contributed by atoms with van der Waals surface area (Å²) in [7, 11) is 6.21. The minimum absolute atomic E-state index is 0.126. The van der Waals surface area contributed by atoms with Crippen molar-refractivity contribution >= 4 is 35.3 Å². The van der Waals surface area contributed by atoms with Crippen LogP contribution in [0.4, 0.5) is 5.82 Å². The lowest BCUT2D eigenvalue weighted by atomic mass is 9.49. The Morgan fingerprint density at radius 3 is 2.62 bits per heavy atom. The number of anilines is 1. The zero-order valence-electron chi connectivity index (χ0n) is 17.5. The van der Waals surface area contributed by atoms with Gasteiger partial charge in [-0.1, -0.05) is 0 Å². The van der Waals surface area contributed by atoms with E-state index in [9.17, 15) is 10.1 Å². The highest BCUT2D eigenvalue weighted by molar-refractivity contribution is 6.56. The van der Waals surface area contributed by atoms with Gasteiger partial charge in [-0.3, -0.25) is 9.48 Å². The fourth-order valence-electron chi connectivity index (χ4n) is 3.69. The normalized spacial score (nSPS) is 19.8. The van der Waals surface area contributed by atoms with Crippen LogP contribution in [0.3, 0.4) is 0 Å². The number of rotatable bonds is 4. The van der Waals surface area contributed by atoms with Gasteiger partial charge in [-0.15, -0.1) is 0 Å². The summed E-state index contributed by atoms with van der Waals surface area (Å²) in [5.41, 5.74) is 1.61. The molecule has 8 nitrogen and oxygen atoms in total. The molecule has 0 N–H and O–H groups in total. The first kappa shape index (κ1) is 19.6. The van der Waals surface area contributed by atoms with Crippen molar-refractivity contribution < 1.29 is 4.79 Å². The summed E-state index contributed by atoms with van der Waals surface area (Å²) < 4.78 is 1.86. The molecule has 1 aliphatic carbocycles. The molecular formula is C18H24B3N7O. The summed E-state index contributed by atoms with van der Waals surface area (Å²) in [6.45, 7) is 4.19. The van der Waals surface area contributed by atoms with E-state index in [1.807, 2.05) is 15.8 Å². The van der Waals surface area contributed by atoms with Crippen molar-refractivity contribution in [1.29, 1.82) is 5.26 Å². The minimum atomic E-state index is -0.157. The first-order valence-electron chi connectivity index (χ1n) is 10.2. The minimum Gasteiger partial charge on any atom is -0.351 e. The average Bonchev–Trinajstić information content (AvgIpc) is 3.41. The van der Waals surface area contributed by atoms with Crippen LogP contribution in [0, 0.1) is 17.2 Å². The molecule has 1 saturated carbocycles. The fourth-order valence-corrected chi connectivity index (χ4v) is 3.69. The number of hydrogen-bond donors (Lipinski definition) is 0. The largest absolute Gasteiger partial charge is 0.351 e. The maximum absolute atomic E-state index is 12.5. The maximum atomic E-state index is 12.5. The molecule has 4 rings (SSSR count). The van der Waals surface area contributed by atoms with E-state index in [0.29, 0.717) is 31.2 Å². The summed E-state index contributed by atoms with van der Waals surface area (Å²) in [5, 5.41) is 13.8. The Kier molecular flexibility index (Phi) is 4.89. The molecule has 2 aromatic heterocycles. The summed E-state index contributed by atoms with van der Waals surface area (Å²) in [6, 6.07) is 2.27. The first-order chi connectivity index (χ1) is 13.8. The van der Waals surface area contributed by atoms with Gasteiger partial charge in [0.25, 0.3) is 0 Å². The Balaban J connectivity index is 1.58. The highest BCUT2D eigenvalue weighted by atomic mass is 16.2. The molecule has 146 valence electrons. The van der Waals surface area contributed by atoms with Crippen molar-refractivity contribution in [3.05, 3.63) is 24.3 Å². The maximum Gasteiger partial charge on any atom is 0.226 e. The van der Waals surface area contributed by atoms with Crippen LogP contribution in [0.15, 0.2) is 18.6 Å². The van der Waals surface area contributed by atoms with Crippen LogP contribution in [-0.2, 0) is 10.0 Å². The van der Waals surface area contributed by atoms with E-state index < -0.39 is 0 Å². The van der Waals surface area contributed by atoms with Gasteiger partial charge in [-0.05, 0) is 25.0 Å². The van der Waals surface area contributed by atoms with Crippen LogP contribution in [0.25, 0.3) is 11.3 Å². The van der Waals surface area contributed by atoms with Gasteiger partial charge in [0.15, 0.2) is 5.69 Å². The predicted molar refractivity (Wildman–Crippen MR) is 118 cm³/mol. The van der Waals surface area contributed by atoms with Gasteiger partial charge in [0.05, 0.1) is 12.4 Å². The SMILES string of the molecule is BC(B)(B)n1cc(-c2nc(N3CCN(C(=O)C4CC4)[C@H](C)C3)cnc2C#N)cn1. The molecule has 0 unspecified atom stereocenters. The van der Waals surface area contributed by atoms with Gasteiger partial charge in [0.1, 0.15) is 41.1 Å². The molecule has 1 aliphatic heterocycles. The van der Waals surface area contributed by atoms with E-state index in [2.05, 4.69) is 51.5 Å². The van der Waals surface area contributed by atoms with Crippen LogP contribution in [0.2, 0.25) is 0 Å². The molecule has 0 bridgehead atoms. The highest BCUT2D eigenvalue weighted by Gasteiger charge is 2.37. The van der Waals surface area contributed by atoms with Gasteiger partial charge >= 0.3 is 0 Å². The van der Waals surface area contributed by atoms with Crippen molar-refractivity contribution in [2.75, 3.05) is 24.5 Å². The lowest BCUT2D eigenvalue weighted by Crippen LogP contribution is -2.54. The zero-order chi connectivity index (χ0) is 20.8. The third-order valence-corrected chi connectivity index (χ3v) is 5.57. The molecule has 2 aliphatic rings. The Labute approximate surface area is 173 Å². The second kappa shape index (κ2) is 7.25. The van der Waals surface area contributed by atoms with E-state index in [1.54, 1.807) is 12.4 Å². The van der Waals surface area contributed by atoms with Crippen LogP contribution in [0.5, 0.6) is 0 Å². The molecule has 11 heteroatoms. The first-order valence-corrected chi connectivity index (χ1v) is 10.2. The molecule has 0 aromatic carbocycles. The predicted octanol–water partition coefficient (Wildman–Crippen LogP) is -1.87. The number of piperazine rings is 1. The second-order valence-corrected chi connectivity index (χ2v) is 8.98. The lowest BCUT2D eigenvalue weighted by molar-refractivity contribution is -0.134. The van der Waals surface area contributed by atoms with E-state index in [0.717, 1.165) is 24.2 Å². The summed E-state index contributed by atoms with van der Waals surface area (Å²) in [4.78, 5) is 25.7. The number of carbonyl (C=O) groups excluding carboxylic acids is 1. The van der Waals surface area contributed by atoms with Crippen LogP contribution in [-0.4, -0.2) is 79.8 Å². The number of nitrogens with zero attached hydrogens (tertiary/aromatic N) is 7. The van der Waals surface area contributed by atoms with E-state index in [1.165, 1.54) is 0 Å². The van der Waals surface area contributed by atoms with Crippen molar-refractivity contribution in [3.8, 4) is 17.3 Å². The molecule has 0 radical (unpaired) electrons. The highest BCUT2D eigenvalue weighted by Crippen LogP contribution is 2.32. The summed E-state index contributed by atoms with van der Waals surface area (Å²) in [6.07, 6.45) is 7.34. The third-order valence-electron chi connectivity index (χ3n) is 5.57. The molecule has 1 atom stereocenters. The molecule has 2 fully saturated rings. The molecule has 29 heavy (non-hydrogen) atoms. The van der Waals surface area contributed by atoms with Crippen LogP contribution in [0.1, 0.15) is 25.5 Å². The van der Waals surface area contributed by atoms with Gasteiger partial charge in [-0.25, -0.2) is 9.97 Å². The monoisotopic (exact) mass is 387 g/mol. The molecule has 1 amide bonds. The number of nitriles is 1. The summed E-state index contributed by atoms with van der Waals surface area (Å²) in [5.74, 6) is 1.26. The van der Waals surface area contributed by atoms with Crippen molar-refractivity contribution in [2.45, 2.75) is 31.0 Å². The standard InChI is InChI=1S/C18H24B3N7O/c1-11-9-26(4-5-27(11)17(29)12-2-3-12)15-8-23-14(6-22)16(25-15)13-7-24-28(10-13)18(19,20)21/h7-8,10-12H,2-5,9,19-21H2,1H3/t11-/m1/s1. The van der Waals surface area contributed by atoms with Crippen LogP contribution < -0.4 is 4.90 Å². The lowest BCUT2D eigenvalue weighted by Gasteiger charge is -2.40. The number of aromatic nitrogens is 4. The van der Waals surface area contributed by atoms with Crippen molar-refractivity contribution in [1.82, 2.24) is 24.6 Å². The van der Waals surface area contributed by atoms with Gasteiger partial charge in [0.2, 0.25) is 5.91 Å². The smallest absolute Gasteiger partial charge is 0.226 e. The van der Waals surface area contributed by atoms with Gasteiger partial charge in [0, 0.05) is 43.4 Å². The Morgan fingerprint density at radius 1 is 1.28 bits per heavy atom. The van der Waals surface area contributed by atoms with E-state index in [-0.39, 0.29) is 22.9 Å². The number of hydrogen-bond acceptors (Lipinski definition) is 6. The van der Waals surface area contributed by atoms with Gasteiger partial charge in [-0.2, -0.15) is 10.4 Å². The average molecular weight is 387 g/mol. The number of carbonyl (C=O) groups is 1. The Bertz CT molecular complexity index is 977. The molecule has 2 aromatic rings. The fraction of sp³-hybridized carbons (Fsp3) is 0.500. The molecule has 3 heterocycles. The number of amides is 1. The summed E-state index contributed by atoms with van der Waals surface area (Å²) >= 11 is 0. The molecule has 0 spiro atoms. The Hall–Kier alpha value is -2.76. The zero-order valence-corrected chi connectivity index (χ0v) is 17.5. The van der Waals surface area contributed by atoms with Crippen LogP contribution >= 0.6 is 0 Å². The molecular weight excluding hydrogens is 363 g/mol. The van der Waals surface area contributed by atoms with E-state index >= 15 is 0 Å². The quantitative estimate of drug-likeness (QED) is 0.571. The topological polar surface area (TPSA) is 90.9 Å². The third kappa shape index (κ3) is 3.89. The molecule has 1 saturated heterocycles. The Morgan fingerprint density at radius 2 is 2.03 bits per heavy atom. The van der Waals surface area contributed by atoms with Gasteiger partial charge < -0.3 is 9.80 Å². The van der Waals surface area contributed by atoms with E-state index in [4.69, 9.17) is 4.98 Å². The second-order valence-electron chi connectivity index (χ2n) is 8.98.